The summed E-state index contributed by atoms with van der Waals surface area (Å²) in [6.07, 6.45) is 2.70. The van der Waals surface area contributed by atoms with Crippen LogP contribution in [-0.4, -0.2) is 25.8 Å². The zero-order valence-corrected chi connectivity index (χ0v) is 9.86. The lowest BCUT2D eigenvalue weighted by Gasteiger charge is -2.33. The van der Waals surface area contributed by atoms with E-state index in [-0.39, 0.29) is 0 Å². The van der Waals surface area contributed by atoms with Crippen molar-refractivity contribution in [2.45, 2.75) is 25.9 Å². The van der Waals surface area contributed by atoms with Gasteiger partial charge in [-0.25, -0.2) is 0 Å². The van der Waals surface area contributed by atoms with Gasteiger partial charge in [0.25, 0.3) is 0 Å². The molecule has 0 aromatic heterocycles. The molecular formula is C13H20N2O. The quantitative estimate of drug-likeness (QED) is 0.794. The molecule has 1 saturated heterocycles. The first-order valence-electron chi connectivity index (χ1n) is 6.01. The molecule has 3 heteroatoms. The van der Waals surface area contributed by atoms with Crippen LogP contribution < -0.4 is 10.6 Å². The van der Waals surface area contributed by atoms with Crippen molar-refractivity contribution >= 4 is 11.4 Å². The van der Waals surface area contributed by atoms with Gasteiger partial charge in [-0.1, -0.05) is 0 Å². The van der Waals surface area contributed by atoms with Gasteiger partial charge >= 0.3 is 0 Å². The average Bonchev–Trinajstić information content (AvgIpc) is 2.32. The van der Waals surface area contributed by atoms with E-state index in [9.17, 15) is 0 Å². The number of rotatable bonds is 3. The van der Waals surface area contributed by atoms with Crippen LogP contribution in [0.15, 0.2) is 24.3 Å². The number of hydrogen-bond donors (Lipinski definition) is 1. The van der Waals surface area contributed by atoms with E-state index in [1.54, 1.807) is 0 Å². The summed E-state index contributed by atoms with van der Waals surface area (Å²) in [5.74, 6) is 0. The van der Waals surface area contributed by atoms with Crippen LogP contribution in [0.25, 0.3) is 0 Å². The molecule has 16 heavy (non-hydrogen) atoms. The minimum Gasteiger partial charge on any atom is -0.399 e. The average molecular weight is 220 g/mol. The van der Waals surface area contributed by atoms with Crippen molar-refractivity contribution in [1.82, 2.24) is 0 Å². The zero-order chi connectivity index (χ0) is 11.4. The maximum Gasteiger partial charge on any atom is 0.0608 e. The van der Waals surface area contributed by atoms with E-state index in [2.05, 4.69) is 24.0 Å². The summed E-state index contributed by atoms with van der Waals surface area (Å²) in [4.78, 5) is 2.40. The lowest BCUT2D eigenvalue weighted by Crippen LogP contribution is -2.37. The number of nitrogen functional groups attached to an aromatic ring is 1. The summed E-state index contributed by atoms with van der Waals surface area (Å²) in [6, 6.07) is 8.11. The molecule has 0 atom stereocenters. The van der Waals surface area contributed by atoms with Crippen LogP contribution >= 0.6 is 0 Å². The van der Waals surface area contributed by atoms with E-state index in [4.69, 9.17) is 10.5 Å². The number of anilines is 2. The van der Waals surface area contributed by atoms with Crippen LogP contribution in [0, 0.1) is 0 Å². The summed E-state index contributed by atoms with van der Waals surface area (Å²) in [6.45, 7) is 5.04. The fourth-order valence-electron chi connectivity index (χ4n) is 2.20. The Morgan fingerprint density at radius 2 is 1.88 bits per heavy atom. The van der Waals surface area contributed by atoms with E-state index >= 15 is 0 Å². The molecule has 88 valence electrons. The van der Waals surface area contributed by atoms with Crippen molar-refractivity contribution in [3.63, 3.8) is 0 Å². The van der Waals surface area contributed by atoms with Gasteiger partial charge in [0, 0.05) is 31.1 Å². The number of nitrogens with zero attached hydrogens (tertiary/aromatic N) is 1. The second kappa shape index (κ2) is 5.21. The molecule has 0 unspecified atom stereocenters. The highest BCUT2D eigenvalue weighted by Crippen LogP contribution is 2.22. The fourth-order valence-corrected chi connectivity index (χ4v) is 2.20. The summed E-state index contributed by atoms with van der Waals surface area (Å²) in [7, 11) is 0. The summed E-state index contributed by atoms with van der Waals surface area (Å²) in [5, 5.41) is 0. The molecule has 1 aromatic carbocycles. The predicted molar refractivity (Wildman–Crippen MR) is 67.7 cm³/mol. The van der Waals surface area contributed by atoms with Crippen LogP contribution in [0.4, 0.5) is 11.4 Å². The Bertz CT molecular complexity index is 315. The molecule has 0 amide bonds. The smallest absolute Gasteiger partial charge is 0.0608 e. The van der Waals surface area contributed by atoms with E-state index in [1.807, 2.05) is 12.1 Å². The SMILES string of the molecule is CCOC1CCN(c2ccc(N)cc2)CC1. The standard InChI is InChI=1S/C13H20N2O/c1-2-16-13-7-9-15(10-8-13)12-5-3-11(14)4-6-12/h3-6,13H,2,7-10,14H2,1H3. The molecule has 1 aliphatic rings. The maximum absolute atomic E-state index is 5.68. The van der Waals surface area contributed by atoms with Gasteiger partial charge in [0.2, 0.25) is 0 Å². The Morgan fingerprint density at radius 3 is 2.44 bits per heavy atom. The Hall–Kier alpha value is -1.22. The molecule has 0 saturated carbocycles. The minimum atomic E-state index is 0.454. The lowest BCUT2D eigenvalue weighted by atomic mass is 10.1. The summed E-state index contributed by atoms with van der Waals surface area (Å²) < 4.78 is 5.64. The summed E-state index contributed by atoms with van der Waals surface area (Å²) in [5.41, 5.74) is 7.77. The van der Waals surface area contributed by atoms with Crippen LogP contribution in [0.3, 0.4) is 0 Å². The Labute approximate surface area is 97.2 Å². The molecule has 2 rings (SSSR count). The third kappa shape index (κ3) is 2.67. The Morgan fingerprint density at radius 1 is 1.25 bits per heavy atom. The topological polar surface area (TPSA) is 38.5 Å². The molecule has 1 aromatic rings. The highest BCUT2D eigenvalue weighted by molar-refractivity contribution is 5.53. The number of benzene rings is 1. The molecular weight excluding hydrogens is 200 g/mol. The van der Waals surface area contributed by atoms with Crippen LogP contribution in [0.2, 0.25) is 0 Å². The van der Waals surface area contributed by atoms with Crippen LogP contribution in [-0.2, 0) is 4.74 Å². The van der Waals surface area contributed by atoms with E-state index in [0.717, 1.165) is 38.2 Å². The van der Waals surface area contributed by atoms with Gasteiger partial charge < -0.3 is 15.4 Å². The molecule has 3 nitrogen and oxygen atoms in total. The molecule has 1 fully saturated rings. The fraction of sp³-hybridized carbons (Fsp3) is 0.538. The first-order valence-corrected chi connectivity index (χ1v) is 6.01. The van der Waals surface area contributed by atoms with Crippen molar-refractivity contribution in [3.8, 4) is 0 Å². The third-order valence-electron chi connectivity index (χ3n) is 3.10. The predicted octanol–water partition coefficient (Wildman–Crippen LogP) is 2.27. The normalized spacial score (nSPS) is 17.7. The zero-order valence-electron chi connectivity index (χ0n) is 9.86. The van der Waals surface area contributed by atoms with Crippen molar-refractivity contribution in [1.29, 1.82) is 0 Å². The van der Waals surface area contributed by atoms with E-state index < -0.39 is 0 Å². The molecule has 0 spiro atoms. The summed E-state index contributed by atoms with van der Waals surface area (Å²) >= 11 is 0. The largest absolute Gasteiger partial charge is 0.399 e. The first kappa shape index (κ1) is 11.3. The molecule has 0 bridgehead atoms. The van der Waals surface area contributed by atoms with Crippen molar-refractivity contribution in [2.75, 3.05) is 30.3 Å². The lowest BCUT2D eigenvalue weighted by molar-refractivity contribution is 0.0459. The molecule has 0 radical (unpaired) electrons. The molecule has 0 aliphatic carbocycles. The Kier molecular flexibility index (Phi) is 3.67. The number of ether oxygens (including phenoxy) is 1. The minimum absolute atomic E-state index is 0.454. The van der Waals surface area contributed by atoms with Crippen molar-refractivity contribution in [3.05, 3.63) is 24.3 Å². The van der Waals surface area contributed by atoms with Crippen LogP contribution in [0.5, 0.6) is 0 Å². The van der Waals surface area contributed by atoms with Gasteiger partial charge in [0.05, 0.1) is 6.10 Å². The highest BCUT2D eigenvalue weighted by atomic mass is 16.5. The van der Waals surface area contributed by atoms with Crippen molar-refractivity contribution < 1.29 is 4.74 Å². The van der Waals surface area contributed by atoms with Crippen molar-refractivity contribution in [2.24, 2.45) is 0 Å². The van der Waals surface area contributed by atoms with Crippen LogP contribution in [0.1, 0.15) is 19.8 Å². The molecule has 1 heterocycles. The Balaban J connectivity index is 1.91. The third-order valence-corrected chi connectivity index (χ3v) is 3.10. The number of nitrogens with two attached hydrogens (primary N) is 1. The molecule has 1 aliphatic heterocycles. The maximum atomic E-state index is 5.68. The monoisotopic (exact) mass is 220 g/mol. The number of piperidine rings is 1. The van der Waals surface area contributed by atoms with Gasteiger partial charge in [-0.3, -0.25) is 0 Å². The van der Waals surface area contributed by atoms with E-state index in [1.165, 1.54) is 5.69 Å². The first-order chi connectivity index (χ1) is 7.79. The van der Waals surface area contributed by atoms with Gasteiger partial charge in [0.1, 0.15) is 0 Å². The van der Waals surface area contributed by atoms with E-state index in [0.29, 0.717) is 6.10 Å². The second-order valence-electron chi connectivity index (χ2n) is 4.23. The van der Waals surface area contributed by atoms with Gasteiger partial charge in [-0.15, -0.1) is 0 Å². The molecule has 2 N–H and O–H groups in total. The highest BCUT2D eigenvalue weighted by Gasteiger charge is 2.19. The number of hydrogen-bond acceptors (Lipinski definition) is 3. The van der Waals surface area contributed by atoms with Gasteiger partial charge in [-0.2, -0.15) is 0 Å². The second-order valence-corrected chi connectivity index (χ2v) is 4.23. The van der Waals surface area contributed by atoms with Gasteiger partial charge in [0.15, 0.2) is 0 Å². The van der Waals surface area contributed by atoms with Gasteiger partial charge in [-0.05, 0) is 44.0 Å².